The zero-order chi connectivity index (χ0) is 16.7. The Morgan fingerprint density at radius 2 is 1.96 bits per heavy atom. The summed E-state index contributed by atoms with van der Waals surface area (Å²) in [5.41, 5.74) is 4.63. The van der Waals surface area contributed by atoms with Crippen LogP contribution in [0.2, 0.25) is 0 Å². The molecular weight excluding hydrogens is 306 g/mol. The molecule has 2 aromatic carbocycles. The van der Waals surface area contributed by atoms with E-state index < -0.39 is 5.76 Å². The molecule has 2 heterocycles. The highest BCUT2D eigenvalue weighted by atomic mass is 16.4. The van der Waals surface area contributed by atoms with Gasteiger partial charge in [-0.3, -0.25) is 9.78 Å². The topological polar surface area (TPSA) is 90.9 Å². The number of carbonyl (C=O) groups excluding carboxylic acids is 1. The summed E-state index contributed by atoms with van der Waals surface area (Å²) in [7, 11) is 0. The van der Waals surface area contributed by atoms with Crippen molar-refractivity contribution in [2.75, 3.05) is 5.32 Å². The molecule has 6 nitrogen and oxygen atoms in total. The lowest BCUT2D eigenvalue weighted by Gasteiger charge is -2.05. The molecule has 4 aromatic rings. The maximum Gasteiger partial charge on any atom is 0.417 e. The van der Waals surface area contributed by atoms with E-state index in [-0.39, 0.29) is 12.3 Å². The van der Waals surface area contributed by atoms with Gasteiger partial charge in [-0.05, 0) is 36.8 Å². The first-order valence-corrected chi connectivity index (χ1v) is 7.59. The van der Waals surface area contributed by atoms with Crippen LogP contribution in [0.15, 0.2) is 51.7 Å². The van der Waals surface area contributed by atoms with Crippen LogP contribution in [0, 0.1) is 6.92 Å². The van der Waals surface area contributed by atoms with Crippen LogP contribution in [0.3, 0.4) is 0 Å². The highest BCUT2D eigenvalue weighted by molar-refractivity contribution is 5.97. The molecule has 1 amide bonds. The molecule has 24 heavy (non-hydrogen) atoms. The molecule has 0 aliphatic heterocycles. The Hall–Kier alpha value is -3.28. The van der Waals surface area contributed by atoms with Gasteiger partial charge in [0.15, 0.2) is 5.58 Å². The van der Waals surface area contributed by atoms with Gasteiger partial charge in [-0.25, -0.2) is 4.79 Å². The first-order chi connectivity index (χ1) is 11.6. The highest BCUT2D eigenvalue weighted by Crippen LogP contribution is 2.23. The molecule has 4 rings (SSSR count). The number of aromatic nitrogens is 2. The fraction of sp³-hybridized carbons (Fsp3) is 0.111. The van der Waals surface area contributed by atoms with Gasteiger partial charge >= 0.3 is 5.76 Å². The van der Waals surface area contributed by atoms with Gasteiger partial charge in [0.05, 0.1) is 11.9 Å². The van der Waals surface area contributed by atoms with E-state index in [2.05, 4.69) is 15.3 Å². The minimum Gasteiger partial charge on any atom is -0.408 e. The van der Waals surface area contributed by atoms with E-state index in [4.69, 9.17) is 4.42 Å². The quantitative estimate of drug-likeness (QED) is 0.541. The number of oxazole rings is 1. The van der Waals surface area contributed by atoms with Crippen LogP contribution in [0.4, 0.5) is 5.69 Å². The van der Waals surface area contributed by atoms with Gasteiger partial charge in [0.25, 0.3) is 0 Å². The van der Waals surface area contributed by atoms with Crippen LogP contribution < -0.4 is 11.1 Å². The second kappa shape index (κ2) is 5.42. The predicted molar refractivity (Wildman–Crippen MR) is 92.2 cm³/mol. The first-order valence-electron chi connectivity index (χ1n) is 7.59. The van der Waals surface area contributed by atoms with Gasteiger partial charge in [-0.2, -0.15) is 0 Å². The Kier molecular flexibility index (Phi) is 3.23. The van der Waals surface area contributed by atoms with Crippen LogP contribution in [-0.2, 0) is 11.2 Å². The third kappa shape index (κ3) is 2.48. The van der Waals surface area contributed by atoms with E-state index in [0.29, 0.717) is 16.8 Å². The molecule has 0 radical (unpaired) electrons. The number of hydrogen-bond acceptors (Lipinski definition) is 3. The molecule has 0 fully saturated rings. The standard InChI is InChI=1S/C18H15N3O3/c1-10-13(12-4-2-3-5-14(12)19-10)9-17(22)20-11-6-7-16-15(8-11)21-18(23)24-16/h2-8,19H,9H2,1H3,(H,20,22)(H,21,23). The number of para-hydroxylation sites is 1. The Balaban J connectivity index is 1.59. The molecule has 6 heteroatoms. The number of fused-ring (bicyclic) bond motifs is 2. The molecule has 0 saturated heterocycles. The lowest BCUT2D eigenvalue weighted by atomic mass is 10.1. The van der Waals surface area contributed by atoms with Gasteiger partial charge in [0, 0.05) is 22.3 Å². The van der Waals surface area contributed by atoms with Gasteiger partial charge in [-0.15, -0.1) is 0 Å². The fourth-order valence-electron chi connectivity index (χ4n) is 2.96. The smallest absolute Gasteiger partial charge is 0.408 e. The van der Waals surface area contributed by atoms with Crippen molar-refractivity contribution >= 4 is 33.6 Å². The molecule has 3 N–H and O–H groups in total. The second-order valence-corrected chi connectivity index (χ2v) is 5.72. The number of rotatable bonds is 3. The van der Waals surface area contributed by atoms with Gasteiger partial charge in [0.1, 0.15) is 0 Å². The molecular formula is C18H15N3O3. The Labute approximate surface area is 136 Å². The van der Waals surface area contributed by atoms with Crippen molar-refractivity contribution in [3.05, 3.63) is 64.3 Å². The van der Waals surface area contributed by atoms with Crippen LogP contribution in [-0.4, -0.2) is 15.9 Å². The van der Waals surface area contributed by atoms with Gasteiger partial charge < -0.3 is 14.7 Å². The second-order valence-electron chi connectivity index (χ2n) is 5.72. The van der Waals surface area contributed by atoms with Gasteiger partial charge in [0.2, 0.25) is 5.91 Å². The highest BCUT2D eigenvalue weighted by Gasteiger charge is 2.13. The number of aromatic amines is 2. The number of carbonyl (C=O) groups is 1. The van der Waals surface area contributed by atoms with Crippen molar-refractivity contribution in [3.8, 4) is 0 Å². The zero-order valence-corrected chi connectivity index (χ0v) is 13.0. The Morgan fingerprint density at radius 3 is 2.83 bits per heavy atom. The maximum atomic E-state index is 12.4. The summed E-state index contributed by atoms with van der Waals surface area (Å²) in [6.45, 7) is 1.96. The number of amides is 1. The largest absolute Gasteiger partial charge is 0.417 e. The first kappa shape index (κ1) is 14.3. The lowest BCUT2D eigenvalue weighted by Crippen LogP contribution is -2.14. The fourth-order valence-corrected chi connectivity index (χ4v) is 2.96. The number of hydrogen-bond donors (Lipinski definition) is 3. The molecule has 0 unspecified atom stereocenters. The van der Waals surface area contributed by atoms with Crippen molar-refractivity contribution in [1.29, 1.82) is 0 Å². The molecule has 0 bridgehead atoms. The molecule has 0 aliphatic carbocycles. The number of anilines is 1. The van der Waals surface area contributed by atoms with Crippen molar-refractivity contribution < 1.29 is 9.21 Å². The van der Waals surface area contributed by atoms with Crippen molar-refractivity contribution in [1.82, 2.24) is 9.97 Å². The lowest BCUT2D eigenvalue weighted by molar-refractivity contribution is -0.115. The van der Waals surface area contributed by atoms with Crippen LogP contribution in [0.25, 0.3) is 22.0 Å². The van der Waals surface area contributed by atoms with E-state index in [1.807, 2.05) is 31.2 Å². The van der Waals surface area contributed by atoms with Crippen molar-refractivity contribution in [2.24, 2.45) is 0 Å². The van der Waals surface area contributed by atoms with Crippen LogP contribution >= 0.6 is 0 Å². The summed E-state index contributed by atoms with van der Waals surface area (Å²) in [6, 6.07) is 13.0. The third-order valence-electron chi connectivity index (χ3n) is 4.07. The van der Waals surface area contributed by atoms with Gasteiger partial charge in [-0.1, -0.05) is 18.2 Å². The molecule has 120 valence electrons. The molecule has 0 spiro atoms. The normalized spacial score (nSPS) is 11.2. The average molecular weight is 321 g/mol. The minimum atomic E-state index is -0.511. The maximum absolute atomic E-state index is 12.4. The van der Waals surface area contributed by atoms with E-state index in [1.165, 1.54) is 0 Å². The summed E-state index contributed by atoms with van der Waals surface area (Å²) in [6.07, 6.45) is 0.274. The molecule has 2 aromatic heterocycles. The van der Waals surface area contributed by atoms with Crippen molar-refractivity contribution in [2.45, 2.75) is 13.3 Å². The van der Waals surface area contributed by atoms with E-state index >= 15 is 0 Å². The predicted octanol–water partition coefficient (Wildman–Crippen LogP) is 3.09. The van der Waals surface area contributed by atoms with Crippen molar-refractivity contribution in [3.63, 3.8) is 0 Å². The van der Waals surface area contributed by atoms with Crippen LogP contribution in [0.5, 0.6) is 0 Å². The summed E-state index contributed by atoms with van der Waals surface area (Å²) >= 11 is 0. The monoisotopic (exact) mass is 321 g/mol. The number of aryl methyl sites for hydroxylation is 1. The Bertz CT molecular complexity index is 1120. The Morgan fingerprint density at radius 1 is 1.12 bits per heavy atom. The summed E-state index contributed by atoms with van der Waals surface area (Å²) in [5.74, 6) is -0.629. The molecule has 0 atom stereocenters. The minimum absolute atomic E-state index is 0.118. The van der Waals surface area contributed by atoms with E-state index in [9.17, 15) is 9.59 Å². The third-order valence-corrected chi connectivity index (χ3v) is 4.07. The van der Waals surface area contributed by atoms with E-state index in [0.717, 1.165) is 22.2 Å². The van der Waals surface area contributed by atoms with Crippen LogP contribution in [0.1, 0.15) is 11.3 Å². The summed E-state index contributed by atoms with van der Waals surface area (Å²) < 4.78 is 4.95. The average Bonchev–Trinajstić information content (AvgIpc) is 3.06. The molecule has 0 aliphatic rings. The molecule has 0 saturated carbocycles. The summed E-state index contributed by atoms with van der Waals surface area (Å²) in [5, 5.41) is 3.91. The zero-order valence-electron chi connectivity index (χ0n) is 13.0. The number of nitrogens with one attached hydrogen (secondary N) is 3. The number of benzene rings is 2. The summed E-state index contributed by atoms with van der Waals surface area (Å²) in [4.78, 5) is 29.4. The number of H-pyrrole nitrogens is 2. The SMILES string of the molecule is Cc1[nH]c2ccccc2c1CC(=O)Nc1ccc2oc(=O)[nH]c2c1. The van der Waals surface area contributed by atoms with E-state index in [1.54, 1.807) is 18.2 Å².